The van der Waals surface area contributed by atoms with Crippen molar-refractivity contribution in [2.24, 2.45) is 0 Å². The summed E-state index contributed by atoms with van der Waals surface area (Å²) in [4.78, 5) is 12.0. The lowest BCUT2D eigenvalue weighted by atomic mass is 10.1. The third kappa shape index (κ3) is 4.64. The molecule has 0 bridgehead atoms. The van der Waals surface area contributed by atoms with Crippen LogP contribution in [0.15, 0.2) is 24.3 Å². The van der Waals surface area contributed by atoms with E-state index in [2.05, 4.69) is 35.9 Å². The highest BCUT2D eigenvalue weighted by Crippen LogP contribution is 2.36. The van der Waals surface area contributed by atoms with Gasteiger partial charge in [0.2, 0.25) is 0 Å². The summed E-state index contributed by atoms with van der Waals surface area (Å²) in [5, 5.41) is 9.10. The molecule has 0 spiro atoms. The number of hydrogen-bond donors (Lipinski definition) is 3. The number of rotatable bonds is 5. The summed E-state index contributed by atoms with van der Waals surface area (Å²) in [7, 11) is 1.93. The fourth-order valence-corrected chi connectivity index (χ4v) is 3.72. The van der Waals surface area contributed by atoms with Crippen LogP contribution in [-0.4, -0.2) is 30.1 Å². The van der Waals surface area contributed by atoms with Crippen molar-refractivity contribution in [3.8, 4) is 0 Å². The molecule has 2 unspecified atom stereocenters. The van der Waals surface area contributed by atoms with E-state index in [1.807, 2.05) is 37.0 Å². The molecule has 1 saturated heterocycles. The van der Waals surface area contributed by atoms with Crippen molar-refractivity contribution in [2.45, 2.75) is 37.5 Å². The van der Waals surface area contributed by atoms with Crippen molar-refractivity contribution in [3.05, 3.63) is 29.8 Å². The van der Waals surface area contributed by atoms with Crippen LogP contribution in [0.4, 0.5) is 10.5 Å². The zero-order valence-electron chi connectivity index (χ0n) is 13.0. The van der Waals surface area contributed by atoms with Gasteiger partial charge in [-0.2, -0.15) is 11.8 Å². The van der Waals surface area contributed by atoms with Gasteiger partial charge >= 0.3 is 6.03 Å². The molecule has 1 aliphatic rings. The molecule has 2 atom stereocenters. The Hall–Kier alpha value is -1.20. The molecule has 4 nitrogen and oxygen atoms in total. The quantitative estimate of drug-likeness (QED) is 0.782. The molecule has 2 amide bonds. The van der Waals surface area contributed by atoms with Crippen molar-refractivity contribution < 1.29 is 4.79 Å². The first-order valence-corrected chi connectivity index (χ1v) is 8.47. The third-order valence-corrected chi connectivity index (χ3v) is 5.54. The molecule has 21 heavy (non-hydrogen) atoms. The second-order valence-corrected chi connectivity index (χ2v) is 7.53. The lowest BCUT2D eigenvalue weighted by molar-refractivity contribution is 0.251. The van der Waals surface area contributed by atoms with E-state index in [4.69, 9.17) is 0 Å². The third-order valence-electron chi connectivity index (χ3n) is 4.00. The van der Waals surface area contributed by atoms with Gasteiger partial charge in [-0.1, -0.05) is 12.1 Å². The predicted molar refractivity (Wildman–Crippen MR) is 91.0 cm³/mol. The number of anilines is 1. The molecule has 1 aromatic rings. The van der Waals surface area contributed by atoms with E-state index in [0.717, 1.165) is 17.8 Å². The lowest BCUT2D eigenvalue weighted by Crippen LogP contribution is -2.39. The molecule has 1 aromatic carbocycles. The predicted octanol–water partition coefficient (Wildman–Crippen LogP) is 3.37. The summed E-state index contributed by atoms with van der Waals surface area (Å²) < 4.78 is 0.194. The van der Waals surface area contributed by atoms with Crippen LogP contribution in [0.25, 0.3) is 0 Å². The van der Waals surface area contributed by atoms with E-state index in [0.29, 0.717) is 0 Å². The topological polar surface area (TPSA) is 53.2 Å². The SMILES string of the molecule is CNC(C)c1cccc(NC(=O)NCC2(C)CCCS2)c1. The number of urea groups is 1. The maximum Gasteiger partial charge on any atom is 0.319 e. The van der Waals surface area contributed by atoms with Crippen LogP contribution >= 0.6 is 11.8 Å². The van der Waals surface area contributed by atoms with E-state index in [1.165, 1.54) is 18.6 Å². The van der Waals surface area contributed by atoms with Gasteiger partial charge in [-0.15, -0.1) is 0 Å². The first-order valence-electron chi connectivity index (χ1n) is 7.48. The highest BCUT2D eigenvalue weighted by molar-refractivity contribution is 8.00. The molecular formula is C16H25N3OS. The van der Waals surface area contributed by atoms with Crippen molar-refractivity contribution in [2.75, 3.05) is 24.7 Å². The zero-order chi connectivity index (χ0) is 15.3. The molecule has 0 saturated carbocycles. The number of thioether (sulfide) groups is 1. The van der Waals surface area contributed by atoms with Gasteiger partial charge in [0.25, 0.3) is 0 Å². The minimum atomic E-state index is -0.127. The molecule has 1 fully saturated rings. The summed E-state index contributed by atoms with van der Waals surface area (Å²) in [5.74, 6) is 1.20. The Morgan fingerprint density at radius 3 is 2.95 bits per heavy atom. The Labute approximate surface area is 131 Å². The van der Waals surface area contributed by atoms with Crippen LogP contribution in [0.1, 0.15) is 38.3 Å². The first-order chi connectivity index (χ1) is 10.0. The maximum absolute atomic E-state index is 12.0. The molecule has 5 heteroatoms. The summed E-state index contributed by atoms with van der Waals surface area (Å²) >= 11 is 1.95. The van der Waals surface area contributed by atoms with E-state index in [9.17, 15) is 4.79 Å². The van der Waals surface area contributed by atoms with Gasteiger partial charge in [0.05, 0.1) is 0 Å². The van der Waals surface area contributed by atoms with Gasteiger partial charge in [0, 0.05) is 23.0 Å². The van der Waals surface area contributed by atoms with Crippen LogP contribution in [0.2, 0.25) is 0 Å². The van der Waals surface area contributed by atoms with Crippen LogP contribution < -0.4 is 16.0 Å². The van der Waals surface area contributed by atoms with E-state index in [1.54, 1.807) is 0 Å². The highest BCUT2D eigenvalue weighted by atomic mass is 32.2. The van der Waals surface area contributed by atoms with Gasteiger partial charge in [-0.05, 0) is 57.2 Å². The first kappa shape index (κ1) is 16.2. The van der Waals surface area contributed by atoms with Crippen molar-refractivity contribution >= 4 is 23.5 Å². The Morgan fingerprint density at radius 1 is 1.48 bits per heavy atom. The summed E-state index contributed by atoms with van der Waals surface area (Å²) in [5.41, 5.74) is 1.99. The van der Waals surface area contributed by atoms with E-state index >= 15 is 0 Å². The molecule has 0 aromatic heterocycles. The van der Waals surface area contributed by atoms with Crippen LogP contribution in [0.3, 0.4) is 0 Å². The fourth-order valence-electron chi connectivity index (χ4n) is 2.47. The monoisotopic (exact) mass is 307 g/mol. The van der Waals surface area contributed by atoms with E-state index in [-0.39, 0.29) is 16.8 Å². The number of carbonyl (C=O) groups excluding carboxylic acids is 1. The number of carbonyl (C=O) groups is 1. The minimum absolute atomic E-state index is 0.127. The lowest BCUT2D eigenvalue weighted by Gasteiger charge is -2.23. The molecule has 1 aliphatic heterocycles. The fraction of sp³-hybridized carbons (Fsp3) is 0.562. The zero-order valence-corrected chi connectivity index (χ0v) is 13.8. The molecule has 1 heterocycles. The Bertz CT molecular complexity index is 486. The average Bonchev–Trinajstić information content (AvgIpc) is 2.92. The maximum atomic E-state index is 12.0. The second-order valence-electron chi connectivity index (χ2n) is 5.85. The summed E-state index contributed by atoms with van der Waals surface area (Å²) in [6, 6.07) is 8.08. The van der Waals surface area contributed by atoms with Crippen LogP contribution in [0.5, 0.6) is 0 Å². The number of amides is 2. The van der Waals surface area contributed by atoms with E-state index < -0.39 is 0 Å². The Morgan fingerprint density at radius 2 is 2.29 bits per heavy atom. The number of hydrogen-bond acceptors (Lipinski definition) is 3. The highest BCUT2D eigenvalue weighted by Gasteiger charge is 2.29. The number of benzene rings is 1. The average molecular weight is 307 g/mol. The van der Waals surface area contributed by atoms with Crippen LogP contribution in [-0.2, 0) is 0 Å². The van der Waals surface area contributed by atoms with Gasteiger partial charge in [0.15, 0.2) is 0 Å². The summed E-state index contributed by atoms with van der Waals surface area (Å²) in [6.07, 6.45) is 2.42. The second kappa shape index (κ2) is 7.18. The Kier molecular flexibility index (Phi) is 5.53. The minimum Gasteiger partial charge on any atom is -0.336 e. The van der Waals surface area contributed by atoms with Gasteiger partial charge in [-0.3, -0.25) is 0 Å². The Balaban J connectivity index is 1.87. The molecule has 116 valence electrons. The van der Waals surface area contributed by atoms with Crippen molar-refractivity contribution in [3.63, 3.8) is 0 Å². The van der Waals surface area contributed by atoms with Gasteiger partial charge in [0.1, 0.15) is 0 Å². The van der Waals surface area contributed by atoms with Gasteiger partial charge < -0.3 is 16.0 Å². The summed E-state index contributed by atoms with van der Waals surface area (Å²) in [6.45, 7) is 5.04. The largest absolute Gasteiger partial charge is 0.336 e. The standard InChI is InChI=1S/C16H25N3OS/c1-12(17-3)13-6-4-7-14(10-13)19-15(20)18-11-16(2)8-5-9-21-16/h4,6-7,10,12,17H,5,8-9,11H2,1-3H3,(H2,18,19,20). The van der Waals surface area contributed by atoms with Crippen molar-refractivity contribution in [1.29, 1.82) is 0 Å². The van der Waals surface area contributed by atoms with Gasteiger partial charge in [-0.25, -0.2) is 4.79 Å². The van der Waals surface area contributed by atoms with Crippen molar-refractivity contribution in [1.82, 2.24) is 10.6 Å². The molecule has 3 N–H and O–H groups in total. The molecular weight excluding hydrogens is 282 g/mol. The molecule has 0 aliphatic carbocycles. The normalized spacial score (nSPS) is 22.8. The molecule has 0 radical (unpaired) electrons. The molecule has 2 rings (SSSR count). The van der Waals surface area contributed by atoms with Crippen LogP contribution in [0, 0.1) is 0 Å². The number of nitrogens with one attached hydrogen (secondary N) is 3. The smallest absolute Gasteiger partial charge is 0.319 e.